The predicted octanol–water partition coefficient (Wildman–Crippen LogP) is 2.88. The maximum atomic E-state index is 12.7. The molecule has 1 aliphatic heterocycles. The van der Waals surface area contributed by atoms with Crippen molar-refractivity contribution in [1.29, 1.82) is 0 Å². The van der Waals surface area contributed by atoms with Gasteiger partial charge >= 0.3 is 0 Å². The van der Waals surface area contributed by atoms with E-state index in [4.69, 9.17) is 9.47 Å². The summed E-state index contributed by atoms with van der Waals surface area (Å²) in [6, 6.07) is 10.5. The highest BCUT2D eigenvalue weighted by Gasteiger charge is 2.22. The fraction of sp³-hybridized carbons (Fsp3) is 0.250. The largest absolute Gasteiger partial charge is 0.486 e. The maximum Gasteiger partial charge on any atom is 0.262 e. The van der Waals surface area contributed by atoms with Crippen molar-refractivity contribution in [3.63, 3.8) is 0 Å². The third-order valence-corrected chi connectivity index (χ3v) is 5.03. The van der Waals surface area contributed by atoms with E-state index in [0.29, 0.717) is 36.0 Å². The molecule has 0 spiro atoms. The average Bonchev–Trinajstić information content (AvgIpc) is 2.48. The van der Waals surface area contributed by atoms with Crippen molar-refractivity contribution in [1.82, 2.24) is 0 Å². The van der Waals surface area contributed by atoms with E-state index in [2.05, 4.69) is 4.72 Å². The van der Waals surface area contributed by atoms with E-state index in [1.54, 1.807) is 25.1 Å². The standard InChI is InChI=1S/C16H17NO4S/c1-11-5-3-4-6-13(11)17-22(18,19)16-10-15-14(9-12(16)2)20-7-8-21-15/h3-6,9-10,17H,7-8H2,1-2H3. The van der Waals surface area contributed by atoms with E-state index < -0.39 is 10.0 Å². The molecule has 5 nitrogen and oxygen atoms in total. The van der Waals surface area contributed by atoms with Gasteiger partial charge in [-0.15, -0.1) is 0 Å². The smallest absolute Gasteiger partial charge is 0.262 e. The number of ether oxygens (including phenoxy) is 2. The molecule has 0 unspecified atom stereocenters. The van der Waals surface area contributed by atoms with Crippen LogP contribution in [0.25, 0.3) is 0 Å². The van der Waals surface area contributed by atoms with Crippen molar-refractivity contribution in [2.24, 2.45) is 0 Å². The Kier molecular flexibility index (Phi) is 3.70. The van der Waals surface area contributed by atoms with Crippen molar-refractivity contribution in [2.45, 2.75) is 18.7 Å². The highest BCUT2D eigenvalue weighted by Crippen LogP contribution is 2.35. The molecule has 6 heteroatoms. The van der Waals surface area contributed by atoms with Gasteiger partial charge in [0.2, 0.25) is 0 Å². The lowest BCUT2D eigenvalue weighted by Crippen LogP contribution is -2.18. The fourth-order valence-electron chi connectivity index (χ4n) is 2.35. The van der Waals surface area contributed by atoms with Gasteiger partial charge < -0.3 is 9.47 Å². The molecular formula is C16H17NO4S. The third-order valence-electron chi connectivity index (χ3n) is 3.52. The Labute approximate surface area is 129 Å². The summed E-state index contributed by atoms with van der Waals surface area (Å²) in [5, 5.41) is 0. The van der Waals surface area contributed by atoms with Gasteiger partial charge in [0.05, 0.1) is 10.6 Å². The molecule has 0 radical (unpaired) electrons. The van der Waals surface area contributed by atoms with E-state index in [0.717, 1.165) is 5.56 Å². The van der Waals surface area contributed by atoms with Crippen LogP contribution >= 0.6 is 0 Å². The van der Waals surface area contributed by atoms with E-state index in [9.17, 15) is 8.42 Å². The minimum Gasteiger partial charge on any atom is -0.486 e. The summed E-state index contributed by atoms with van der Waals surface area (Å²) in [5.74, 6) is 1.04. The Morgan fingerprint density at radius 3 is 2.27 bits per heavy atom. The molecule has 0 fully saturated rings. The Morgan fingerprint density at radius 1 is 0.955 bits per heavy atom. The van der Waals surface area contributed by atoms with Crippen molar-refractivity contribution >= 4 is 15.7 Å². The number of nitrogens with one attached hydrogen (secondary N) is 1. The summed E-state index contributed by atoms with van der Waals surface area (Å²) >= 11 is 0. The van der Waals surface area contributed by atoms with Gasteiger partial charge in [-0.2, -0.15) is 0 Å². The quantitative estimate of drug-likeness (QED) is 0.945. The second kappa shape index (κ2) is 5.53. The first kappa shape index (κ1) is 14.7. The molecule has 3 rings (SSSR count). The zero-order valence-corrected chi connectivity index (χ0v) is 13.2. The lowest BCUT2D eigenvalue weighted by atomic mass is 10.2. The molecule has 1 aliphatic rings. The molecule has 0 aromatic heterocycles. The first-order valence-electron chi connectivity index (χ1n) is 6.96. The van der Waals surface area contributed by atoms with E-state index in [-0.39, 0.29) is 4.90 Å². The number of hydrogen-bond acceptors (Lipinski definition) is 4. The van der Waals surface area contributed by atoms with Gasteiger partial charge in [0.1, 0.15) is 13.2 Å². The number of aryl methyl sites for hydroxylation is 2. The molecular weight excluding hydrogens is 302 g/mol. The minimum atomic E-state index is -3.69. The Bertz CT molecular complexity index is 815. The second-order valence-electron chi connectivity index (χ2n) is 5.18. The van der Waals surface area contributed by atoms with E-state index >= 15 is 0 Å². The molecule has 1 heterocycles. The van der Waals surface area contributed by atoms with Crippen LogP contribution in [0.3, 0.4) is 0 Å². The van der Waals surface area contributed by atoms with Crippen LogP contribution < -0.4 is 14.2 Å². The molecule has 116 valence electrons. The molecule has 2 aromatic rings. The Balaban J connectivity index is 2.00. The van der Waals surface area contributed by atoms with Crippen molar-refractivity contribution in [3.05, 3.63) is 47.5 Å². The maximum absolute atomic E-state index is 12.7. The summed E-state index contributed by atoms with van der Waals surface area (Å²) in [5.41, 5.74) is 2.04. The minimum absolute atomic E-state index is 0.194. The van der Waals surface area contributed by atoms with Crippen LogP contribution in [0.4, 0.5) is 5.69 Å². The van der Waals surface area contributed by atoms with E-state index in [1.807, 2.05) is 19.1 Å². The van der Waals surface area contributed by atoms with Crippen LogP contribution in [0.15, 0.2) is 41.3 Å². The van der Waals surface area contributed by atoms with Crippen molar-refractivity contribution < 1.29 is 17.9 Å². The number of sulfonamides is 1. The van der Waals surface area contributed by atoms with Crippen molar-refractivity contribution in [2.75, 3.05) is 17.9 Å². The SMILES string of the molecule is Cc1ccccc1NS(=O)(=O)c1cc2c(cc1C)OCCO2. The van der Waals surface area contributed by atoms with Crippen LogP contribution in [0.5, 0.6) is 11.5 Å². The monoisotopic (exact) mass is 319 g/mol. The lowest BCUT2D eigenvalue weighted by molar-refractivity contribution is 0.171. The van der Waals surface area contributed by atoms with Gasteiger partial charge in [-0.1, -0.05) is 18.2 Å². The van der Waals surface area contributed by atoms with Gasteiger partial charge in [-0.25, -0.2) is 8.42 Å². The van der Waals surface area contributed by atoms with Crippen LogP contribution in [0.2, 0.25) is 0 Å². The first-order valence-corrected chi connectivity index (χ1v) is 8.44. The number of para-hydroxylation sites is 1. The summed E-state index contributed by atoms with van der Waals surface area (Å²) in [7, 11) is -3.69. The van der Waals surface area contributed by atoms with Crippen LogP contribution in [0.1, 0.15) is 11.1 Å². The van der Waals surface area contributed by atoms with Crippen LogP contribution in [-0.4, -0.2) is 21.6 Å². The predicted molar refractivity (Wildman–Crippen MR) is 84.2 cm³/mol. The fourth-order valence-corrected chi connectivity index (χ4v) is 3.72. The highest BCUT2D eigenvalue weighted by molar-refractivity contribution is 7.92. The molecule has 0 saturated heterocycles. The zero-order chi connectivity index (χ0) is 15.7. The normalized spacial score (nSPS) is 13.7. The topological polar surface area (TPSA) is 64.6 Å². The summed E-state index contributed by atoms with van der Waals surface area (Å²) in [6.07, 6.45) is 0. The van der Waals surface area contributed by atoms with Crippen LogP contribution in [-0.2, 0) is 10.0 Å². The second-order valence-corrected chi connectivity index (χ2v) is 6.83. The molecule has 0 atom stereocenters. The zero-order valence-electron chi connectivity index (χ0n) is 12.4. The molecule has 22 heavy (non-hydrogen) atoms. The number of benzene rings is 2. The molecule has 1 N–H and O–H groups in total. The Morgan fingerprint density at radius 2 is 1.59 bits per heavy atom. The highest BCUT2D eigenvalue weighted by atomic mass is 32.2. The van der Waals surface area contributed by atoms with Crippen LogP contribution in [0, 0.1) is 13.8 Å². The Hall–Kier alpha value is -2.21. The molecule has 0 saturated carbocycles. The number of hydrogen-bond donors (Lipinski definition) is 1. The van der Waals surface area contributed by atoms with Gasteiger partial charge in [0.25, 0.3) is 10.0 Å². The van der Waals surface area contributed by atoms with Gasteiger partial charge in [-0.3, -0.25) is 4.72 Å². The lowest BCUT2D eigenvalue weighted by Gasteiger charge is -2.20. The van der Waals surface area contributed by atoms with Gasteiger partial charge in [0, 0.05) is 6.07 Å². The number of fused-ring (bicyclic) bond motifs is 1. The van der Waals surface area contributed by atoms with Crippen molar-refractivity contribution in [3.8, 4) is 11.5 Å². The molecule has 0 amide bonds. The summed E-state index contributed by atoms with van der Waals surface area (Å²) < 4.78 is 38.9. The first-order chi connectivity index (χ1) is 10.5. The molecule has 0 bridgehead atoms. The number of rotatable bonds is 3. The number of anilines is 1. The summed E-state index contributed by atoms with van der Waals surface area (Å²) in [4.78, 5) is 0.194. The third kappa shape index (κ3) is 2.74. The van der Waals surface area contributed by atoms with Gasteiger partial charge in [-0.05, 0) is 37.1 Å². The summed E-state index contributed by atoms with van der Waals surface area (Å²) in [6.45, 7) is 4.49. The average molecular weight is 319 g/mol. The molecule has 2 aromatic carbocycles. The van der Waals surface area contributed by atoms with Gasteiger partial charge in [0.15, 0.2) is 11.5 Å². The molecule has 0 aliphatic carbocycles. The van der Waals surface area contributed by atoms with E-state index in [1.165, 1.54) is 6.07 Å².